The van der Waals surface area contributed by atoms with Gasteiger partial charge in [-0.25, -0.2) is 5.32 Å². The van der Waals surface area contributed by atoms with Crippen LogP contribution in [0, 0.1) is 11.8 Å². The summed E-state index contributed by atoms with van der Waals surface area (Å²) in [5.74, 6) is -11.7. The normalized spacial score (nSPS) is 30.6. The van der Waals surface area contributed by atoms with Crippen LogP contribution in [0.25, 0.3) is 0 Å². The van der Waals surface area contributed by atoms with Crippen molar-refractivity contribution in [1.82, 2.24) is 5.32 Å². The lowest BCUT2D eigenvalue weighted by molar-refractivity contribution is -0.376. The van der Waals surface area contributed by atoms with E-state index >= 15 is 0 Å². The molecule has 1 aromatic rings. The van der Waals surface area contributed by atoms with Crippen LogP contribution in [-0.2, 0) is 19.1 Å². The lowest BCUT2D eigenvalue weighted by atomic mass is 9.64. The number of carbonyl (C=O) groups is 2. The van der Waals surface area contributed by atoms with Crippen LogP contribution in [0.15, 0.2) is 24.3 Å². The smallest absolute Gasteiger partial charge is 0.432 e. The molecule has 1 unspecified atom stereocenters. The molecule has 1 heterocycles. The van der Waals surface area contributed by atoms with Crippen LogP contribution in [0.5, 0.6) is 0 Å². The van der Waals surface area contributed by atoms with E-state index in [1.807, 2.05) is 0 Å². The third kappa shape index (κ3) is 4.77. The van der Waals surface area contributed by atoms with Crippen LogP contribution in [0.4, 0.5) is 26.3 Å². The van der Waals surface area contributed by atoms with Crippen LogP contribution < -0.4 is 5.32 Å². The fourth-order valence-corrected chi connectivity index (χ4v) is 4.05. The first-order valence-corrected chi connectivity index (χ1v) is 9.89. The van der Waals surface area contributed by atoms with E-state index < -0.39 is 72.3 Å². The summed E-state index contributed by atoms with van der Waals surface area (Å²) in [6.45, 7) is 1.42. The number of rotatable bonds is 5. The van der Waals surface area contributed by atoms with Crippen LogP contribution in [0.3, 0.4) is 0 Å². The van der Waals surface area contributed by atoms with Crippen LogP contribution in [0.1, 0.15) is 25.3 Å². The highest BCUT2D eigenvalue weighted by molar-refractivity contribution is 6.30. The van der Waals surface area contributed by atoms with Crippen molar-refractivity contribution in [2.24, 2.45) is 11.8 Å². The third-order valence-electron chi connectivity index (χ3n) is 5.18. The maximum atomic E-state index is 14.0. The van der Waals surface area contributed by atoms with Gasteiger partial charge in [0.05, 0.1) is 13.2 Å². The van der Waals surface area contributed by atoms with Crippen molar-refractivity contribution in [3.63, 3.8) is 0 Å². The van der Waals surface area contributed by atoms with E-state index in [9.17, 15) is 46.1 Å². The van der Waals surface area contributed by atoms with Crippen molar-refractivity contribution < 1.29 is 55.6 Å². The molecule has 186 valence electrons. The van der Waals surface area contributed by atoms with Crippen molar-refractivity contribution in [2.45, 2.75) is 43.6 Å². The maximum Gasteiger partial charge on any atom is 0.432 e. The summed E-state index contributed by atoms with van der Waals surface area (Å²) >= 11 is 5.85. The molecule has 0 radical (unpaired) electrons. The van der Waals surface area contributed by atoms with Gasteiger partial charge >= 0.3 is 24.3 Å². The van der Waals surface area contributed by atoms with Crippen LogP contribution in [0.2, 0.25) is 5.02 Å². The molecule has 3 N–H and O–H groups in total. The first-order valence-electron chi connectivity index (χ1n) is 9.51. The molecule has 1 saturated heterocycles. The minimum atomic E-state index is -5.94. The Hall–Kier alpha value is -2.09. The molecule has 0 amide bonds. The Morgan fingerprint density at radius 2 is 1.39 bits per heavy atom. The topological polar surface area (TPSA) is 105 Å². The average Bonchev–Trinajstić information content (AvgIpc) is 2.65. The molecule has 1 fully saturated rings. The standard InChI is InChI=1S/C19H20ClF6NO6/c1-3-32-14(28)12-11(9-6-5-7-10(20)8-9)13(15(29)33-4-2)17(31,19(24,25)26)27-16(12,30)18(21,22)23/h5-8,11-13,27,30-31H,3-4H2,1-2H3/t11?,12-,13-,16-,17+/m0/s1. The summed E-state index contributed by atoms with van der Waals surface area (Å²) in [6, 6.07) is 4.28. The number of alkyl halides is 6. The number of aliphatic hydroxyl groups is 2. The number of hydrogen-bond donors (Lipinski definition) is 3. The largest absolute Gasteiger partial charge is 0.466 e. The third-order valence-corrected chi connectivity index (χ3v) is 5.41. The van der Waals surface area contributed by atoms with Gasteiger partial charge in [-0.1, -0.05) is 23.7 Å². The van der Waals surface area contributed by atoms with Crippen molar-refractivity contribution in [2.75, 3.05) is 13.2 Å². The molecule has 1 aromatic carbocycles. The van der Waals surface area contributed by atoms with Crippen molar-refractivity contribution in [3.05, 3.63) is 34.9 Å². The number of carbonyl (C=O) groups excluding carboxylic acids is 2. The lowest BCUT2D eigenvalue weighted by Crippen LogP contribution is -2.81. The van der Waals surface area contributed by atoms with Gasteiger partial charge in [-0.3, -0.25) is 9.59 Å². The summed E-state index contributed by atoms with van der Waals surface area (Å²) in [6.07, 6.45) is -11.9. The zero-order valence-corrected chi connectivity index (χ0v) is 17.9. The Morgan fingerprint density at radius 3 is 1.73 bits per heavy atom. The van der Waals surface area contributed by atoms with Gasteiger partial charge in [0.2, 0.25) is 11.4 Å². The fourth-order valence-electron chi connectivity index (χ4n) is 3.85. The predicted octanol–water partition coefficient (Wildman–Crippen LogP) is 2.89. The van der Waals surface area contributed by atoms with E-state index in [-0.39, 0.29) is 5.02 Å². The molecular formula is C19H20ClF6NO6. The second-order valence-electron chi connectivity index (χ2n) is 7.19. The van der Waals surface area contributed by atoms with E-state index in [0.717, 1.165) is 18.2 Å². The Balaban J connectivity index is 2.97. The molecule has 14 heteroatoms. The highest BCUT2D eigenvalue weighted by Crippen LogP contribution is 2.55. The quantitative estimate of drug-likeness (QED) is 0.416. The van der Waals surface area contributed by atoms with Crippen molar-refractivity contribution in [3.8, 4) is 0 Å². The van der Waals surface area contributed by atoms with Crippen LogP contribution in [-0.4, -0.2) is 59.2 Å². The van der Waals surface area contributed by atoms with Gasteiger partial charge in [0.15, 0.2) is 0 Å². The number of piperidine rings is 1. The van der Waals surface area contributed by atoms with E-state index in [1.165, 1.54) is 19.9 Å². The highest BCUT2D eigenvalue weighted by atomic mass is 35.5. The fraction of sp³-hybridized carbons (Fsp3) is 0.579. The lowest BCUT2D eigenvalue weighted by Gasteiger charge is -2.54. The Bertz CT molecular complexity index is 848. The highest BCUT2D eigenvalue weighted by Gasteiger charge is 2.78. The minimum absolute atomic E-state index is 0.164. The zero-order valence-electron chi connectivity index (χ0n) is 17.1. The summed E-state index contributed by atoms with van der Waals surface area (Å²) < 4.78 is 93.3. The van der Waals surface area contributed by atoms with Gasteiger partial charge in [-0.2, -0.15) is 26.3 Å². The van der Waals surface area contributed by atoms with E-state index in [1.54, 1.807) is 0 Å². The van der Waals surface area contributed by atoms with Gasteiger partial charge in [0, 0.05) is 10.9 Å². The molecule has 1 aliphatic heterocycles. The summed E-state index contributed by atoms with van der Waals surface area (Å²) in [5.41, 5.74) is -9.82. The zero-order chi connectivity index (χ0) is 25.4. The van der Waals surface area contributed by atoms with Gasteiger partial charge < -0.3 is 19.7 Å². The first kappa shape index (κ1) is 27.2. The van der Waals surface area contributed by atoms with Gasteiger partial charge in [0.1, 0.15) is 11.8 Å². The number of benzene rings is 1. The number of esters is 2. The van der Waals surface area contributed by atoms with Crippen LogP contribution >= 0.6 is 11.6 Å². The SMILES string of the molecule is CCOC(=O)[C@@H]1C(c2cccc(Cl)c2)[C@@H](C(=O)OCC)[C@](O)(C(F)(F)F)N[C@]1(O)C(F)(F)F. The van der Waals surface area contributed by atoms with E-state index in [4.69, 9.17) is 11.6 Å². The monoisotopic (exact) mass is 507 g/mol. The number of hydrogen-bond acceptors (Lipinski definition) is 7. The Labute approximate surface area is 188 Å². The molecule has 0 aliphatic carbocycles. The van der Waals surface area contributed by atoms with Gasteiger partial charge in [0.25, 0.3) is 0 Å². The summed E-state index contributed by atoms with van der Waals surface area (Å²) in [7, 11) is 0. The second-order valence-corrected chi connectivity index (χ2v) is 7.63. The molecule has 0 spiro atoms. The molecule has 7 nitrogen and oxygen atoms in total. The summed E-state index contributed by atoms with van der Waals surface area (Å²) in [4.78, 5) is 25.3. The first-order chi connectivity index (χ1) is 15.0. The maximum absolute atomic E-state index is 14.0. The predicted molar refractivity (Wildman–Crippen MR) is 99.6 cm³/mol. The molecule has 0 saturated carbocycles. The molecule has 33 heavy (non-hydrogen) atoms. The molecule has 2 rings (SSSR count). The molecule has 0 bridgehead atoms. The Kier molecular flexibility index (Phi) is 7.63. The molecule has 1 aliphatic rings. The number of ether oxygens (including phenoxy) is 2. The molecule has 5 atom stereocenters. The van der Waals surface area contributed by atoms with Gasteiger partial charge in [-0.15, -0.1) is 0 Å². The minimum Gasteiger partial charge on any atom is -0.466 e. The average molecular weight is 508 g/mol. The number of halogens is 7. The number of nitrogens with one attached hydrogen (secondary N) is 1. The molecular weight excluding hydrogens is 488 g/mol. The Morgan fingerprint density at radius 1 is 0.970 bits per heavy atom. The van der Waals surface area contributed by atoms with E-state index in [2.05, 4.69) is 9.47 Å². The second kappa shape index (κ2) is 9.28. The van der Waals surface area contributed by atoms with Crippen molar-refractivity contribution >= 4 is 23.5 Å². The van der Waals surface area contributed by atoms with Crippen molar-refractivity contribution in [1.29, 1.82) is 0 Å². The molecule has 0 aromatic heterocycles. The summed E-state index contributed by atoms with van der Waals surface area (Å²) in [5, 5.41) is 21.6. The van der Waals surface area contributed by atoms with E-state index in [0.29, 0.717) is 5.32 Å². The van der Waals surface area contributed by atoms with Gasteiger partial charge in [-0.05, 0) is 31.5 Å².